The predicted octanol–water partition coefficient (Wildman–Crippen LogP) is 3.08. The molecule has 0 radical (unpaired) electrons. The molecular formula is C21H25FN2O3. The molecule has 1 unspecified atom stereocenters. The van der Waals surface area contributed by atoms with Gasteiger partial charge in [0.15, 0.2) is 11.5 Å². The number of ether oxygens (including phenoxy) is 2. The van der Waals surface area contributed by atoms with Gasteiger partial charge < -0.3 is 20.5 Å². The van der Waals surface area contributed by atoms with Gasteiger partial charge >= 0.3 is 0 Å². The Morgan fingerprint density at radius 1 is 1.33 bits per heavy atom. The van der Waals surface area contributed by atoms with Crippen molar-refractivity contribution >= 4 is 5.91 Å². The van der Waals surface area contributed by atoms with Gasteiger partial charge in [-0.25, -0.2) is 4.39 Å². The average Bonchev–Trinajstić information content (AvgIpc) is 2.91. The third-order valence-corrected chi connectivity index (χ3v) is 4.70. The van der Waals surface area contributed by atoms with Crippen LogP contribution in [0, 0.1) is 5.82 Å². The molecule has 2 aromatic carbocycles. The molecule has 0 saturated heterocycles. The maximum atomic E-state index is 13.4. The Labute approximate surface area is 158 Å². The summed E-state index contributed by atoms with van der Waals surface area (Å²) in [6.45, 7) is 3.18. The first-order valence-electron chi connectivity index (χ1n) is 9.22. The van der Waals surface area contributed by atoms with E-state index in [2.05, 4.69) is 5.32 Å². The van der Waals surface area contributed by atoms with E-state index in [1.165, 1.54) is 12.1 Å². The molecule has 5 nitrogen and oxygen atoms in total. The summed E-state index contributed by atoms with van der Waals surface area (Å²) in [7, 11) is 0. The highest BCUT2D eigenvalue weighted by Crippen LogP contribution is 2.37. The van der Waals surface area contributed by atoms with E-state index >= 15 is 0 Å². The number of carbonyl (C=O) groups excluding carboxylic acids is 1. The second-order valence-electron chi connectivity index (χ2n) is 6.76. The molecule has 1 amide bonds. The first-order chi connectivity index (χ1) is 13.0. The molecule has 1 atom stereocenters. The van der Waals surface area contributed by atoms with Gasteiger partial charge in [-0.05, 0) is 55.5 Å². The lowest BCUT2D eigenvalue weighted by Gasteiger charge is -2.18. The Bertz CT molecular complexity index is 810. The summed E-state index contributed by atoms with van der Waals surface area (Å²) in [6, 6.07) is 9.81. The van der Waals surface area contributed by atoms with Crippen molar-refractivity contribution in [1.82, 2.24) is 5.32 Å². The number of benzene rings is 2. The predicted molar refractivity (Wildman–Crippen MR) is 101 cm³/mol. The van der Waals surface area contributed by atoms with E-state index in [1.807, 2.05) is 18.2 Å². The van der Waals surface area contributed by atoms with Crippen molar-refractivity contribution in [1.29, 1.82) is 0 Å². The van der Waals surface area contributed by atoms with Crippen molar-refractivity contribution in [2.75, 3.05) is 6.61 Å². The summed E-state index contributed by atoms with van der Waals surface area (Å²) in [6.07, 6.45) is 2.88. The molecule has 144 valence electrons. The SMILES string of the molecule is CC(NCc1ccc(OCc2cccc(F)c2)c2c1CCCCO2)C(N)=O. The van der Waals surface area contributed by atoms with Crippen LogP contribution >= 0.6 is 0 Å². The van der Waals surface area contributed by atoms with Crippen LogP contribution in [0.25, 0.3) is 0 Å². The number of fused-ring (bicyclic) bond motifs is 1. The van der Waals surface area contributed by atoms with Gasteiger partial charge in [0.1, 0.15) is 12.4 Å². The standard InChI is InChI=1S/C21H25FN2O3/c1-14(21(23)25)24-12-16-8-9-19(20-18(16)7-2-3-10-26-20)27-13-15-5-4-6-17(22)11-15/h4-6,8-9,11,14,24H,2-3,7,10,12-13H2,1H3,(H2,23,25). The number of amides is 1. The normalized spacial score (nSPS) is 14.6. The van der Waals surface area contributed by atoms with Gasteiger partial charge in [-0.2, -0.15) is 0 Å². The molecule has 3 N–H and O–H groups in total. The zero-order valence-electron chi connectivity index (χ0n) is 15.5. The Morgan fingerprint density at radius 3 is 2.96 bits per heavy atom. The van der Waals surface area contributed by atoms with Crippen LogP contribution in [0.2, 0.25) is 0 Å². The maximum Gasteiger partial charge on any atom is 0.234 e. The second-order valence-corrected chi connectivity index (χ2v) is 6.76. The fraction of sp³-hybridized carbons (Fsp3) is 0.381. The highest BCUT2D eigenvalue weighted by atomic mass is 19.1. The second kappa shape index (κ2) is 8.86. The Kier molecular flexibility index (Phi) is 6.29. The minimum absolute atomic E-state index is 0.268. The van der Waals surface area contributed by atoms with Crippen molar-refractivity contribution in [3.05, 3.63) is 58.9 Å². The van der Waals surface area contributed by atoms with Crippen molar-refractivity contribution in [2.45, 2.75) is 45.4 Å². The molecule has 27 heavy (non-hydrogen) atoms. The molecule has 0 aliphatic carbocycles. The Hall–Kier alpha value is -2.60. The van der Waals surface area contributed by atoms with Gasteiger partial charge in [0, 0.05) is 12.1 Å². The molecule has 1 heterocycles. The molecule has 0 fully saturated rings. The molecule has 0 bridgehead atoms. The smallest absolute Gasteiger partial charge is 0.234 e. The fourth-order valence-electron chi connectivity index (χ4n) is 3.09. The van der Waals surface area contributed by atoms with Crippen LogP contribution in [-0.2, 0) is 24.4 Å². The van der Waals surface area contributed by atoms with Crippen molar-refractivity contribution in [3.63, 3.8) is 0 Å². The van der Waals surface area contributed by atoms with E-state index in [4.69, 9.17) is 15.2 Å². The van der Waals surface area contributed by atoms with Crippen molar-refractivity contribution in [3.8, 4) is 11.5 Å². The molecule has 0 spiro atoms. The van der Waals surface area contributed by atoms with Gasteiger partial charge in [0.2, 0.25) is 5.91 Å². The largest absolute Gasteiger partial charge is 0.489 e. The Balaban J connectivity index is 1.79. The molecule has 0 saturated carbocycles. The van der Waals surface area contributed by atoms with E-state index in [9.17, 15) is 9.18 Å². The van der Waals surface area contributed by atoms with E-state index in [0.29, 0.717) is 18.9 Å². The quantitative estimate of drug-likeness (QED) is 0.783. The lowest BCUT2D eigenvalue weighted by Crippen LogP contribution is -2.38. The highest BCUT2D eigenvalue weighted by molar-refractivity contribution is 5.79. The monoisotopic (exact) mass is 372 g/mol. The zero-order chi connectivity index (χ0) is 19.2. The van der Waals surface area contributed by atoms with Crippen LogP contribution in [-0.4, -0.2) is 18.6 Å². The number of hydrogen-bond acceptors (Lipinski definition) is 4. The maximum absolute atomic E-state index is 13.4. The highest BCUT2D eigenvalue weighted by Gasteiger charge is 2.19. The molecular weight excluding hydrogens is 347 g/mol. The summed E-state index contributed by atoms with van der Waals surface area (Å²) < 4.78 is 25.3. The van der Waals surface area contributed by atoms with Crippen molar-refractivity contribution in [2.24, 2.45) is 5.73 Å². The van der Waals surface area contributed by atoms with Crippen LogP contribution in [0.1, 0.15) is 36.5 Å². The number of nitrogens with one attached hydrogen (secondary N) is 1. The van der Waals surface area contributed by atoms with Crippen LogP contribution in [0.5, 0.6) is 11.5 Å². The van der Waals surface area contributed by atoms with Crippen LogP contribution < -0.4 is 20.5 Å². The summed E-state index contributed by atoms with van der Waals surface area (Å²) >= 11 is 0. The zero-order valence-corrected chi connectivity index (χ0v) is 15.5. The lowest BCUT2D eigenvalue weighted by molar-refractivity contribution is -0.119. The third kappa shape index (κ3) is 4.98. The van der Waals surface area contributed by atoms with E-state index < -0.39 is 6.04 Å². The van der Waals surface area contributed by atoms with Crippen LogP contribution in [0.15, 0.2) is 36.4 Å². The van der Waals surface area contributed by atoms with Gasteiger partial charge in [0.05, 0.1) is 12.6 Å². The van der Waals surface area contributed by atoms with Gasteiger partial charge in [-0.3, -0.25) is 4.79 Å². The number of rotatable bonds is 7. The molecule has 0 aromatic heterocycles. The number of hydrogen-bond donors (Lipinski definition) is 2. The number of primary amides is 1. The molecule has 6 heteroatoms. The summed E-state index contributed by atoms with van der Waals surface area (Å²) in [5.41, 5.74) is 8.24. The summed E-state index contributed by atoms with van der Waals surface area (Å²) in [4.78, 5) is 11.3. The average molecular weight is 372 g/mol. The topological polar surface area (TPSA) is 73.6 Å². The summed E-state index contributed by atoms with van der Waals surface area (Å²) in [5.74, 6) is 0.737. The van der Waals surface area contributed by atoms with E-state index in [0.717, 1.165) is 41.7 Å². The van der Waals surface area contributed by atoms with Crippen molar-refractivity contribution < 1.29 is 18.7 Å². The molecule has 3 rings (SSSR count). The fourth-order valence-corrected chi connectivity index (χ4v) is 3.09. The van der Waals surface area contributed by atoms with Gasteiger partial charge in [0.25, 0.3) is 0 Å². The third-order valence-electron chi connectivity index (χ3n) is 4.70. The minimum atomic E-state index is -0.406. The molecule has 2 aromatic rings. The first kappa shape index (κ1) is 19.2. The van der Waals surface area contributed by atoms with Crippen LogP contribution in [0.4, 0.5) is 4.39 Å². The number of halogens is 1. The van der Waals surface area contributed by atoms with Gasteiger partial charge in [-0.15, -0.1) is 0 Å². The lowest BCUT2D eigenvalue weighted by atomic mass is 10.0. The van der Waals surface area contributed by atoms with E-state index in [-0.39, 0.29) is 18.3 Å². The number of nitrogens with two attached hydrogens (primary N) is 1. The Morgan fingerprint density at radius 2 is 2.19 bits per heavy atom. The number of carbonyl (C=O) groups is 1. The molecule has 1 aliphatic rings. The minimum Gasteiger partial charge on any atom is -0.489 e. The van der Waals surface area contributed by atoms with Crippen LogP contribution in [0.3, 0.4) is 0 Å². The van der Waals surface area contributed by atoms with E-state index in [1.54, 1.807) is 13.0 Å². The molecule has 1 aliphatic heterocycles. The summed E-state index contributed by atoms with van der Waals surface area (Å²) in [5, 5.41) is 3.14. The first-order valence-corrected chi connectivity index (χ1v) is 9.22. The van der Waals surface area contributed by atoms with Gasteiger partial charge in [-0.1, -0.05) is 18.2 Å².